The number of hydrogen-bond acceptors (Lipinski definition) is 5. The van der Waals surface area contributed by atoms with Crippen LogP contribution in [0.25, 0.3) is 0 Å². The number of carbonyl (C=O) groups is 1. The molecule has 1 aliphatic heterocycles. The minimum absolute atomic E-state index is 0.0130. The predicted molar refractivity (Wildman–Crippen MR) is 89.8 cm³/mol. The largest absolute Gasteiger partial charge is 0.485 e. The molecule has 8 heteroatoms. The summed E-state index contributed by atoms with van der Waals surface area (Å²) in [5.41, 5.74) is 3.36. The van der Waals surface area contributed by atoms with E-state index >= 15 is 0 Å². The summed E-state index contributed by atoms with van der Waals surface area (Å²) in [6, 6.07) is 13.1. The van der Waals surface area contributed by atoms with Crippen molar-refractivity contribution in [2.24, 2.45) is 5.10 Å². The van der Waals surface area contributed by atoms with Gasteiger partial charge in [0.25, 0.3) is 5.91 Å². The molecule has 3 rings (SSSR count). The lowest BCUT2D eigenvalue weighted by atomic mass is 10.1. The number of halogens is 2. The number of rotatable bonds is 5. The third-order valence-corrected chi connectivity index (χ3v) is 3.61. The molecule has 0 fully saturated rings. The summed E-state index contributed by atoms with van der Waals surface area (Å²) in [6.07, 6.45) is -0.838. The topological polar surface area (TPSA) is 69.2 Å². The Morgan fingerprint density at radius 3 is 2.77 bits per heavy atom. The fraction of sp³-hybridized carbons (Fsp3) is 0.222. The lowest BCUT2D eigenvalue weighted by Crippen LogP contribution is -2.42. The molecule has 6 nitrogen and oxygen atoms in total. The van der Waals surface area contributed by atoms with Crippen molar-refractivity contribution in [3.05, 3.63) is 54.1 Å². The Kier molecular flexibility index (Phi) is 5.31. The zero-order valence-corrected chi connectivity index (χ0v) is 13.8. The normalized spacial score (nSPS) is 16.3. The summed E-state index contributed by atoms with van der Waals surface area (Å²) in [5, 5.41) is 3.98. The Balaban J connectivity index is 1.63. The minimum Gasteiger partial charge on any atom is -0.485 e. The van der Waals surface area contributed by atoms with Gasteiger partial charge in [-0.15, -0.1) is 0 Å². The predicted octanol–water partition coefficient (Wildman–Crippen LogP) is 2.97. The molecule has 0 unspecified atom stereocenters. The van der Waals surface area contributed by atoms with Crippen molar-refractivity contribution in [3.8, 4) is 17.2 Å². The van der Waals surface area contributed by atoms with E-state index in [0.717, 1.165) is 0 Å². The highest BCUT2D eigenvalue weighted by Crippen LogP contribution is 2.30. The van der Waals surface area contributed by atoms with E-state index in [9.17, 15) is 13.6 Å². The summed E-state index contributed by atoms with van der Waals surface area (Å²) < 4.78 is 40.0. The van der Waals surface area contributed by atoms with Gasteiger partial charge in [0.15, 0.2) is 11.5 Å². The van der Waals surface area contributed by atoms with E-state index in [2.05, 4.69) is 15.3 Å². The Bertz CT molecular complexity index is 826. The maximum Gasteiger partial charge on any atom is 0.387 e. The smallest absolute Gasteiger partial charge is 0.387 e. The Morgan fingerprint density at radius 2 is 2.00 bits per heavy atom. The first-order valence-electron chi connectivity index (χ1n) is 7.81. The molecular formula is C18H16F2N2O4. The maximum atomic E-state index is 12.3. The van der Waals surface area contributed by atoms with E-state index in [0.29, 0.717) is 22.8 Å². The number of benzene rings is 2. The summed E-state index contributed by atoms with van der Waals surface area (Å²) in [7, 11) is 0. The third-order valence-electron chi connectivity index (χ3n) is 3.61. The molecular weight excluding hydrogens is 346 g/mol. The fourth-order valence-corrected chi connectivity index (χ4v) is 2.32. The van der Waals surface area contributed by atoms with Gasteiger partial charge in [0.2, 0.25) is 6.10 Å². The van der Waals surface area contributed by atoms with Crippen LogP contribution >= 0.6 is 0 Å². The summed E-state index contributed by atoms with van der Waals surface area (Å²) >= 11 is 0. The SMILES string of the molecule is C/C(=N/NC(=O)[C@H]1COc2ccccc2O1)c1cccc(OC(F)F)c1. The highest BCUT2D eigenvalue weighted by molar-refractivity contribution is 5.99. The molecule has 2 aromatic carbocycles. The standard InChI is InChI=1S/C18H16F2N2O4/c1-11(12-5-4-6-13(9-12)25-18(19)20)21-22-17(23)16-10-24-14-7-2-3-8-15(14)26-16/h2-9,16,18H,10H2,1H3,(H,22,23)/b21-11-/t16-/m1/s1. The van der Waals surface area contributed by atoms with Crippen LogP contribution in [0.4, 0.5) is 8.78 Å². The first-order chi connectivity index (χ1) is 12.5. The number of hydrogen-bond donors (Lipinski definition) is 1. The number of hydrazone groups is 1. The van der Waals surface area contributed by atoms with Gasteiger partial charge >= 0.3 is 6.61 Å². The van der Waals surface area contributed by atoms with Crippen molar-refractivity contribution in [2.45, 2.75) is 19.6 Å². The van der Waals surface area contributed by atoms with Crippen LogP contribution in [0.1, 0.15) is 12.5 Å². The number of amides is 1. The van der Waals surface area contributed by atoms with Crippen molar-refractivity contribution < 1.29 is 27.8 Å². The lowest BCUT2D eigenvalue weighted by molar-refractivity contribution is -0.130. The van der Waals surface area contributed by atoms with Gasteiger partial charge < -0.3 is 14.2 Å². The molecule has 0 radical (unpaired) electrons. The van der Waals surface area contributed by atoms with E-state index in [1.165, 1.54) is 12.1 Å². The van der Waals surface area contributed by atoms with E-state index in [4.69, 9.17) is 9.47 Å². The van der Waals surface area contributed by atoms with Gasteiger partial charge in [-0.2, -0.15) is 13.9 Å². The molecule has 0 saturated carbocycles. The van der Waals surface area contributed by atoms with Crippen LogP contribution < -0.4 is 19.6 Å². The minimum atomic E-state index is -2.91. The quantitative estimate of drug-likeness (QED) is 0.656. The van der Waals surface area contributed by atoms with Crippen molar-refractivity contribution in [1.82, 2.24) is 5.43 Å². The van der Waals surface area contributed by atoms with E-state index in [1.807, 2.05) is 6.07 Å². The highest BCUT2D eigenvalue weighted by Gasteiger charge is 2.27. The average Bonchev–Trinajstić information content (AvgIpc) is 2.65. The van der Waals surface area contributed by atoms with Crippen molar-refractivity contribution in [1.29, 1.82) is 0 Å². The van der Waals surface area contributed by atoms with Crippen LogP contribution in [0.2, 0.25) is 0 Å². The number of carbonyl (C=O) groups excluding carboxylic acids is 1. The van der Waals surface area contributed by atoms with Crippen LogP contribution in [-0.4, -0.2) is 30.9 Å². The van der Waals surface area contributed by atoms with Gasteiger partial charge in [0, 0.05) is 5.56 Å². The first-order valence-corrected chi connectivity index (χ1v) is 7.81. The molecule has 0 bridgehead atoms. The molecule has 1 atom stereocenters. The molecule has 1 heterocycles. The zero-order valence-electron chi connectivity index (χ0n) is 13.8. The molecule has 0 aliphatic carbocycles. The molecule has 26 heavy (non-hydrogen) atoms. The molecule has 1 amide bonds. The number of ether oxygens (including phenoxy) is 3. The molecule has 1 aliphatic rings. The second-order valence-corrected chi connectivity index (χ2v) is 5.44. The van der Waals surface area contributed by atoms with Crippen LogP contribution in [0, 0.1) is 0 Å². The van der Waals surface area contributed by atoms with E-state index < -0.39 is 18.6 Å². The number of fused-ring (bicyclic) bond motifs is 1. The van der Waals surface area contributed by atoms with Crippen LogP contribution in [0.3, 0.4) is 0 Å². The van der Waals surface area contributed by atoms with Crippen LogP contribution in [0.5, 0.6) is 17.2 Å². The molecule has 136 valence electrons. The Labute approximate surface area is 148 Å². The molecule has 2 aromatic rings. The fourth-order valence-electron chi connectivity index (χ4n) is 2.32. The van der Waals surface area contributed by atoms with Crippen molar-refractivity contribution in [3.63, 3.8) is 0 Å². The zero-order chi connectivity index (χ0) is 18.5. The summed E-state index contributed by atoms with van der Waals surface area (Å²) in [4.78, 5) is 12.2. The molecule has 1 N–H and O–H groups in total. The van der Waals surface area contributed by atoms with Gasteiger partial charge in [-0.05, 0) is 31.2 Å². The average molecular weight is 362 g/mol. The second-order valence-electron chi connectivity index (χ2n) is 5.44. The highest BCUT2D eigenvalue weighted by atomic mass is 19.3. The van der Waals surface area contributed by atoms with Gasteiger partial charge in [0.05, 0.1) is 5.71 Å². The van der Waals surface area contributed by atoms with Gasteiger partial charge in [-0.1, -0.05) is 24.3 Å². The third kappa shape index (κ3) is 4.27. The van der Waals surface area contributed by atoms with Gasteiger partial charge in [-0.25, -0.2) is 5.43 Å². The number of nitrogens with one attached hydrogen (secondary N) is 1. The first kappa shape index (κ1) is 17.7. The summed E-state index contributed by atoms with van der Waals surface area (Å²) in [6.45, 7) is -1.21. The number of nitrogens with zero attached hydrogens (tertiary/aromatic N) is 1. The van der Waals surface area contributed by atoms with Crippen molar-refractivity contribution >= 4 is 11.6 Å². The summed E-state index contributed by atoms with van der Waals surface area (Å²) in [5.74, 6) is 0.598. The lowest BCUT2D eigenvalue weighted by Gasteiger charge is -2.24. The van der Waals surface area contributed by atoms with Gasteiger partial charge in [0.1, 0.15) is 12.4 Å². The number of alkyl halides is 2. The van der Waals surface area contributed by atoms with E-state index in [-0.39, 0.29) is 12.4 Å². The number of para-hydroxylation sites is 2. The van der Waals surface area contributed by atoms with Crippen LogP contribution in [0.15, 0.2) is 53.6 Å². The Hall–Kier alpha value is -3.16. The van der Waals surface area contributed by atoms with Crippen LogP contribution in [-0.2, 0) is 4.79 Å². The van der Waals surface area contributed by atoms with Gasteiger partial charge in [-0.3, -0.25) is 4.79 Å². The second kappa shape index (κ2) is 7.81. The monoisotopic (exact) mass is 362 g/mol. The molecule has 0 spiro atoms. The molecule has 0 saturated heterocycles. The Morgan fingerprint density at radius 1 is 1.23 bits per heavy atom. The van der Waals surface area contributed by atoms with Crippen molar-refractivity contribution in [2.75, 3.05) is 6.61 Å². The maximum absolute atomic E-state index is 12.3. The molecule has 0 aromatic heterocycles. The van der Waals surface area contributed by atoms with E-state index in [1.54, 1.807) is 37.3 Å².